The van der Waals surface area contributed by atoms with E-state index in [-0.39, 0.29) is 12.6 Å². The molecule has 0 atom stereocenters. The molecule has 0 unspecified atom stereocenters. The second-order valence-electron chi connectivity index (χ2n) is 4.00. The van der Waals surface area contributed by atoms with Gasteiger partial charge in [0.25, 0.3) is 0 Å². The molecular weight excluding hydrogens is 182 g/mol. The summed E-state index contributed by atoms with van der Waals surface area (Å²) >= 11 is 0. The summed E-state index contributed by atoms with van der Waals surface area (Å²) in [6.07, 6.45) is 6.14. The Morgan fingerprint density at radius 2 is 1.86 bits per heavy atom. The molecule has 1 saturated carbocycles. The Labute approximate surface area is 84.7 Å². The Balaban J connectivity index is 2.71. The van der Waals surface area contributed by atoms with Gasteiger partial charge in [0.05, 0.1) is 19.1 Å². The van der Waals surface area contributed by atoms with Crippen LogP contribution >= 0.6 is 0 Å². The van der Waals surface area contributed by atoms with Crippen LogP contribution in [0.5, 0.6) is 0 Å². The third-order valence-electron chi connectivity index (χ3n) is 3.04. The SMILES string of the molecule is COC(=O)C1(CON)CCCCCC1. The maximum absolute atomic E-state index is 11.7. The summed E-state index contributed by atoms with van der Waals surface area (Å²) in [5.74, 6) is 4.90. The monoisotopic (exact) mass is 201 g/mol. The van der Waals surface area contributed by atoms with Crippen LogP contribution in [0.3, 0.4) is 0 Å². The van der Waals surface area contributed by atoms with Gasteiger partial charge in [-0.3, -0.25) is 4.79 Å². The Bertz CT molecular complexity index is 186. The summed E-state index contributed by atoms with van der Waals surface area (Å²) in [4.78, 5) is 16.3. The van der Waals surface area contributed by atoms with Gasteiger partial charge in [-0.15, -0.1) is 0 Å². The summed E-state index contributed by atoms with van der Waals surface area (Å²) in [6.45, 7) is 0.277. The largest absolute Gasteiger partial charge is 0.469 e. The van der Waals surface area contributed by atoms with Crippen LogP contribution in [0.1, 0.15) is 38.5 Å². The van der Waals surface area contributed by atoms with Crippen LogP contribution in [0, 0.1) is 5.41 Å². The normalized spacial score (nSPS) is 21.3. The van der Waals surface area contributed by atoms with Crippen LogP contribution < -0.4 is 5.90 Å². The lowest BCUT2D eigenvalue weighted by Gasteiger charge is -2.28. The summed E-state index contributed by atoms with van der Waals surface area (Å²) in [6, 6.07) is 0. The first-order chi connectivity index (χ1) is 6.75. The van der Waals surface area contributed by atoms with E-state index in [0.717, 1.165) is 25.7 Å². The van der Waals surface area contributed by atoms with Crippen molar-refractivity contribution in [3.05, 3.63) is 0 Å². The number of rotatable bonds is 3. The van der Waals surface area contributed by atoms with E-state index >= 15 is 0 Å². The van der Waals surface area contributed by atoms with E-state index < -0.39 is 5.41 Å². The highest BCUT2D eigenvalue weighted by molar-refractivity contribution is 5.76. The molecular formula is C10H19NO3. The van der Waals surface area contributed by atoms with E-state index in [0.29, 0.717) is 0 Å². The molecule has 4 nitrogen and oxygen atoms in total. The van der Waals surface area contributed by atoms with Gasteiger partial charge in [0.15, 0.2) is 0 Å². The fraction of sp³-hybridized carbons (Fsp3) is 0.900. The van der Waals surface area contributed by atoms with E-state index in [1.807, 2.05) is 0 Å². The lowest BCUT2D eigenvalue weighted by atomic mass is 9.81. The molecule has 0 heterocycles. The van der Waals surface area contributed by atoms with Crippen molar-refractivity contribution in [2.45, 2.75) is 38.5 Å². The molecule has 1 aliphatic rings. The zero-order valence-electron chi connectivity index (χ0n) is 8.75. The Kier molecular flexibility index (Phi) is 4.35. The highest BCUT2D eigenvalue weighted by Crippen LogP contribution is 2.36. The van der Waals surface area contributed by atoms with Crippen LogP contribution in [0.2, 0.25) is 0 Å². The standard InChI is InChI=1S/C10H19NO3/c1-13-9(12)10(8-14-11)6-4-2-3-5-7-10/h2-8,11H2,1H3. The minimum atomic E-state index is -0.486. The maximum atomic E-state index is 11.7. The molecule has 0 aliphatic heterocycles. The van der Waals surface area contributed by atoms with Gasteiger partial charge < -0.3 is 9.57 Å². The lowest BCUT2D eigenvalue weighted by molar-refractivity contribution is -0.158. The number of esters is 1. The van der Waals surface area contributed by atoms with Crippen LogP contribution in [-0.2, 0) is 14.4 Å². The Hall–Kier alpha value is -0.610. The second kappa shape index (κ2) is 5.32. The number of carbonyl (C=O) groups is 1. The van der Waals surface area contributed by atoms with Gasteiger partial charge >= 0.3 is 5.97 Å². The van der Waals surface area contributed by atoms with E-state index in [4.69, 9.17) is 10.6 Å². The van der Waals surface area contributed by atoms with Gasteiger partial charge in [-0.25, -0.2) is 5.90 Å². The van der Waals surface area contributed by atoms with Gasteiger partial charge in [0.1, 0.15) is 0 Å². The van der Waals surface area contributed by atoms with Crippen molar-refractivity contribution in [1.29, 1.82) is 0 Å². The zero-order valence-corrected chi connectivity index (χ0v) is 8.75. The molecule has 4 heteroatoms. The molecule has 82 valence electrons. The highest BCUT2D eigenvalue weighted by Gasteiger charge is 2.39. The van der Waals surface area contributed by atoms with Crippen molar-refractivity contribution in [1.82, 2.24) is 0 Å². The molecule has 0 spiro atoms. The fourth-order valence-corrected chi connectivity index (χ4v) is 2.19. The number of hydrogen-bond donors (Lipinski definition) is 1. The number of ether oxygens (including phenoxy) is 1. The second-order valence-corrected chi connectivity index (χ2v) is 4.00. The molecule has 14 heavy (non-hydrogen) atoms. The van der Waals surface area contributed by atoms with Gasteiger partial charge in [0.2, 0.25) is 0 Å². The van der Waals surface area contributed by atoms with Gasteiger partial charge in [-0.2, -0.15) is 0 Å². The first kappa shape index (κ1) is 11.5. The molecule has 0 bridgehead atoms. The molecule has 0 aromatic carbocycles. The van der Waals surface area contributed by atoms with E-state index in [1.54, 1.807) is 0 Å². The summed E-state index contributed by atoms with van der Waals surface area (Å²) in [5, 5.41) is 0. The van der Waals surface area contributed by atoms with Crippen molar-refractivity contribution in [3.63, 3.8) is 0 Å². The summed E-state index contributed by atoms with van der Waals surface area (Å²) in [5.41, 5.74) is -0.486. The minimum Gasteiger partial charge on any atom is -0.469 e. The van der Waals surface area contributed by atoms with Crippen LogP contribution in [0.25, 0.3) is 0 Å². The smallest absolute Gasteiger partial charge is 0.314 e. The van der Waals surface area contributed by atoms with Crippen LogP contribution in [0.4, 0.5) is 0 Å². The molecule has 0 saturated heterocycles. The first-order valence-corrected chi connectivity index (χ1v) is 5.15. The maximum Gasteiger partial charge on any atom is 0.314 e. The van der Waals surface area contributed by atoms with Crippen molar-refractivity contribution in [2.24, 2.45) is 11.3 Å². The fourth-order valence-electron chi connectivity index (χ4n) is 2.19. The third-order valence-corrected chi connectivity index (χ3v) is 3.04. The van der Waals surface area contributed by atoms with Gasteiger partial charge in [-0.05, 0) is 12.8 Å². The van der Waals surface area contributed by atoms with Crippen molar-refractivity contribution in [2.75, 3.05) is 13.7 Å². The van der Waals surface area contributed by atoms with E-state index in [1.165, 1.54) is 20.0 Å². The molecule has 1 aliphatic carbocycles. The Morgan fingerprint density at radius 3 is 2.29 bits per heavy atom. The molecule has 1 rings (SSSR count). The number of carbonyl (C=O) groups excluding carboxylic acids is 1. The molecule has 0 aromatic heterocycles. The average molecular weight is 201 g/mol. The molecule has 0 radical (unpaired) electrons. The van der Waals surface area contributed by atoms with E-state index in [9.17, 15) is 4.79 Å². The molecule has 1 fully saturated rings. The predicted molar refractivity (Wildman–Crippen MR) is 52.3 cm³/mol. The summed E-state index contributed by atoms with van der Waals surface area (Å²) < 4.78 is 4.83. The minimum absolute atomic E-state index is 0.176. The lowest BCUT2D eigenvalue weighted by Crippen LogP contribution is -2.37. The van der Waals surface area contributed by atoms with Gasteiger partial charge in [-0.1, -0.05) is 25.7 Å². The summed E-state index contributed by atoms with van der Waals surface area (Å²) in [7, 11) is 1.42. The number of hydrogen-bond acceptors (Lipinski definition) is 4. The molecule has 0 aromatic rings. The van der Waals surface area contributed by atoms with Crippen molar-refractivity contribution >= 4 is 5.97 Å². The quantitative estimate of drug-likeness (QED) is 0.426. The highest BCUT2D eigenvalue weighted by atomic mass is 16.6. The zero-order chi connectivity index (χ0) is 10.4. The van der Waals surface area contributed by atoms with Crippen molar-refractivity contribution < 1.29 is 14.4 Å². The van der Waals surface area contributed by atoms with E-state index in [2.05, 4.69) is 4.84 Å². The third kappa shape index (κ3) is 2.45. The molecule has 2 N–H and O–H groups in total. The van der Waals surface area contributed by atoms with Gasteiger partial charge in [0, 0.05) is 0 Å². The Morgan fingerprint density at radius 1 is 1.29 bits per heavy atom. The average Bonchev–Trinajstić information content (AvgIpc) is 2.44. The molecule has 0 amide bonds. The topological polar surface area (TPSA) is 61.5 Å². The predicted octanol–water partition coefficient (Wildman–Crippen LogP) is 1.39. The van der Waals surface area contributed by atoms with Crippen molar-refractivity contribution in [3.8, 4) is 0 Å². The first-order valence-electron chi connectivity index (χ1n) is 5.15. The number of nitrogens with two attached hydrogens (primary N) is 1. The van der Waals surface area contributed by atoms with Crippen LogP contribution in [-0.4, -0.2) is 19.7 Å². The number of methoxy groups -OCH3 is 1. The van der Waals surface area contributed by atoms with Crippen LogP contribution in [0.15, 0.2) is 0 Å².